The third-order valence-electron chi connectivity index (χ3n) is 5.66. The number of carboxylic acid groups (broad SMARTS) is 1. The van der Waals surface area contributed by atoms with Gasteiger partial charge in [-0.2, -0.15) is 13.2 Å². The van der Waals surface area contributed by atoms with Crippen LogP contribution in [0.15, 0.2) is 35.2 Å². The summed E-state index contributed by atoms with van der Waals surface area (Å²) in [5, 5.41) is 9.46. The van der Waals surface area contributed by atoms with E-state index in [2.05, 4.69) is 0 Å². The molecule has 0 amide bonds. The van der Waals surface area contributed by atoms with E-state index in [-0.39, 0.29) is 27.2 Å². The number of thioether (sulfide) groups is 1. The molecule has 10 heteroatoms. The minimum absolute atomic E-state index is 0.0116. The number of rotatable bonds is 4. The van der Waals surface area contributed by atoms with Crippen LogP contribution in [0.5, 0.6) is 0 Å². The van der Waals surface area contributed by atoms with Crippen molar-refractivity contribution in [3.63, 3.8) is 0 Å². The maximum Gasteiger partial charge on any atom is 0.416 e. The fraction of sp³-hybridized carbons (Fsp3) is 0.318. The van der Waals surface area contributed by atoms with Crippen LogP contribution in [0.25, 0.3) is 10.9 Å². The Morgan fingerprint density at radius 1 is 1.22 bits per heavy atom. The van der Waals surface area contributed by atoms with Crippen molar-refractivity contribution in [1.29, 1.82) is 0 Å². The first kappa shape index (κ1) is 22.6. The fourth-order valence-corrected chi connectivity index (χ4v) is 5.28. The number of alkyl halides is 5. The number of carboxylic acids is 1. The van der Waals surface area contributed by atoms with Crippen molar-refractivity contribution in [2.45, 2.75) is 43.3 Å². The highest BCUT2D eigenvalue weighted by Gasteiger charge is 2.41. The molecule has 0 aliphatic carbocycles. The van der Waals surface area contributed by atoms with Gasteiger partial charge in [-0.1, -0.05) is 0 Å². The number of nitrogens with zero attached hydrogens (tertiary/aromatic N) is 1. The second-order valence-electron chi connectivity index (χ2n) is 7.69. The number of hydrogen-bond acceptors (Lipinski definition) is 2. The molecule has 1 N–H and O–H groups in total. The van der Waals surface area contributed by atoms with Crippen molar-refractivity contribution >= 4 is 28.6 Å². The van der Waals surface area contributed by atoms with Crippen molar-refractivity contribution in [3.05, 3.63) is 64.1 Å². The Bertz CT molecular complexity index is 1230. The van der Waals surface area contributed by atoms with Crippen LogP contribution < -0.4 is 0 Å². The Morgan fingerprint density at radius 3 is 2.59 bits per heavy atom. The first-order valence-electron chi connectivity index (χ1n) is 9.62. The molecular weight excluding hydrogens is 456 g/mol. The molecule has 3 aromatic rings. The summed E-state index contributed by atoms with van der Waals surface area (Å²) in [5.74, 6) is -5.06. The van der Waals surface area contributed by atoms with E-state index in [9.17, 15) is 36.2 Å². The third kappa shape index (κ3) is 3.96. The Balaban J connectivity index is 1.93. The lowest BCUT2D eigenvalue weighted by atomic mass is 9.93. The maximum absolute atomic E-state index is 14.5. The van der Waals surface area contributed by atoms with Gasteiger partial charge < -0.3 is 9.67 Å². The van der Waals surface area contributed by atoms with E-state index in [0.29, 0.717) is 11.2 Å². The van der Waals surface area contributed by atoms with Crippen LogP contribution >= 0.6 is 11.8 Å². The van der Waals surface area contributed by atoms with Crippen LogP contribution in [0.1, 0.15) is 34.4 Å². The van der Waals surface area contributed by atoms with Crippen LogP contribution in [-0.2, 0) is 29.9 Å². The minimum Gasteiger partial charge on any atom is -0.480 e. The molecule has 0 atom stereocenters. The van der Waals surface area contributed by atoms with E-state index in [0.717, 1.165) is 36.0 Å². The molecule has 4 rings (SSSR count). The first-order valence-corrected chi connectivity index (χ1v) is 10.6. The van der Waals surface area contributed by atoms with Gasteiger partial charge in [0.2, 0.25) is 0 Å². The molecule has 0 unspecified atom stereocenters. The first-order chi connectivity index (χ1) is 14.9. The number of halogens is 6. The summed E-state index contributed by atoms with van der Waals surface area (Å²) in [6, 6.07) is 5.25. The zero-order valence-corrected chi connectivity index (χ0v) is 17.5. The van der Waals surface area contributed by atoms with Crippen molar-refractivity contribution in [2.75, 3.05) is 5.75 Å². The average molecular weight is 473 g/mol. The van der Waals surface area contributed by atoms with Gasteiger partial charge in [-0.15, -0.1) is 11.8 Å². The molecule has 0 spiro atoms. The SMILES string of the molecule is Cc1c(Cc2cc3c(cc2C(F)(F)F)SCCC3(F)F)c2cc(F)ccc2n1CC(=O)O. The summed E-state index contributed by atoms with van der Waals surface area (Å²) in [4.78, 5) is 11.2. The molecule has 2 heterocycles. The summed E-state index contributed by atoms with van der Waals surface area (Å²) in [6.45, 7) is 1.05. The van der Waals surface area contributed by atoms with Crippen molar-refractivity contribution in [1.82, 2.24) is 4.57 Å². The van der Waals surface area contributed by atoms with Crippen LogP contribution in [-0.4, -0.2) is 21.4 Å². The highest BCUT2D eigenvalue weighted by Crippen LogP contribution is 2.47. The van der Waals surface area contributed by atoms with Gasteiger partial charge >= 0.3 is 12.1 Å². The van der Waals surface area contributed by atoms with Crippen LogP contribution in [0.2, 0.25) is 0 Å². The van der Waals surface area contributed by atoms with Gasteiger partial charge in [-0.25, -0.2) is 13.2 Å². The highest BCUT2D eigenvalue weighted by molar-refractivity contribution is 7.99. The van der Waals surface area contributed by atoms with Crippen molar-refractivity contribution in [3.8, 4) is 0 Å². The van der Waals surface area contributed by atoms with Crippen LogP contribution in [0, 0.1) is 12.7 Å². The molecule has 170 valence electrons. The molecule has 1 aromatic heterocycles. The molecule has 0 radical (unpaired) electrons. The average Bonchev–Trinajstić information content (AvgIpc) is 2.92. The van der Waals surface area contributed by atoms with Gasteiger partial charge in [0.05, 0.1) is 5.56 Å². The summed E-state index contributed by atoms with van der Waals surface area (Å²) < 4.78 is 85.7. The molecule has 0 saturated carbocycles. The summed E-state index contributed by atoms with van der Waals surface area (Å²) in [7, 11) is 0. The molecular formula is C22H17F6NO2S. The topological polar surface area (TPSA) is 42.2 Å². The van der Waals surface area contributed by atoms with Crippen molar-refractivity contribution < 1.29 is 36.2 Å². The largest absolute Gasteiger partial charge is 0.480 e. The van der Waals surface area contributed by atoms with Gasteiger partial charge in [0.15, 0.2) is 0 Å². The summed E-state index contributed by atoms with van der Waals surface area (Å²) in [6.07, 6.45) is -5.66. The number of benzene rings is 2. The lowest BCUT2D eigenvalue weighted by Gasteiger charge is -2.27. The van der Waals surface area contributed by atoms with E-state index in [1.165, 1.54) is 17.6 Å². The number of carbonyl (C=O) groups is 1. The molecule has 2 aromatic carbocycles. The number of hydrogen-bond donors (Lipinski definition) is 1. The molecule has 0 fully saturated rings. The second-order valence-corrected chi connectivity index (χ2v) is 8.83. The molecule has 1 aliphatic heterocycles. The third-order valence-corrected chi connectivity index (χ3v) is 6.71. The number of aromatic nitrogens is 1. The minimum atomic E-state index is -4.78. The van der Waals surface area contributed by atoms with Gasteiger partial charge in [-0.3, -0.25) is 4.79 Å². The molecule has 1 aliphatic rings. The smallest absolute Gasteiger partial charge is 0.416 e. The van der Waals surface area contributed by atoms with E-state index < -0.39 is 54.4 Å². The zero-order valence-electron chi connectivity index (χ0n) is 16.7. The Kier molecular flexibility index (Phi) is 5.47. The number of fused-ring (bicyclic) bond motifs is 2. The van der Waals surface area contributed by atoms with E-state index in [1.54, 1.807) is 0 Å². The van der Waals surface area contributed by atoms with E-state index >= 15 is 0 Å². The standard InChI is InChI=1S/C22H17F6NO2S/c1-11-14(15-8-13(23)2-3-18(15)29(11)10-20(30)31)6-12-7-17-19(9-16(12)22(26,27)28)32-5-4-21(17,24)25/h2-3,7-9H,4-6,10H2,1H3,(H,30,31). The normalized spacial score (nSPS) is 15.7. The number of aliphatic carboxylic acids is 1. The van der Waals surface area contributed by atoms with Gasteiger partial charge in [0, 0.05) is 45.7 Å². The van der Waals surface area contributed by atoms with Gasteiger partial charge in [-0.05, 0) is 48.4 Å². The zero-order chi connectivity index (χ0) is 23.4. The second kappa shape index (κ2) is 7.75. The molecule has 3 nitrogen and oxygen atoms in total. The quantitative estimate of drug-likeness (QED) is 0.448. The fourth-order valence-electron chi connectivity index (χ4n) is 4.14. The summed E-state index contributed by atoms with van der Waals surface area (Å²) >= 11 is 0.956. The van der Waals surface area contributed by atoms with E-state index in [1.807, 2.05) is 0 Å². The molecule has 0 saturated heterocycles. The van der Waals surface area contributed by atoms with Gasteiger partial charge in [0.1, 0.15) is 12.4 Å². The summed E-state index contributed by atoms with van der Waals surface area (Å²) in [5.41, 5.74) is -0.905. The van der Waals surface area contributed by atoms with Crippen LogP contribution in [0.4, 0.5) is 26.3 Å². The Hall–Kier alpha value is -2.62. The predicted molar refractivity (Wildman–Crippen MR) is 108 cm³/mol. The molecule has 0 bridgehead atoms. The lowest BCUT2D eigenvalue weighted by molar-refractivity contribution is -0.139. The van der Waals surface area contributed by atoms with Crippen molar-refractivity contribution in [2.24, 2.45) is 0 Å². The predicted octanol–water partition coefficient (Wildman–Crippen LogP) is 6.37. The molecule has 32 heavy (non-hydrogen) atoms. The highest BCUT2D eigenvalue weighted by atomic mass is 32.2. The van der Waals surface area contributed by atoms with Crippen LogP contribution in [0.3, 0.4) is 0 Å². The Labute approximate surface area is 183 Å². The monoisotopic (exact) mass is 473 g/mol. The van der Waals surface area contributed by atoms with Gasteiger partial charge in [0.25, 0.3) is 5.92 Å². The Morgan fingerprint density at radius 2 is 1.94 bits per heavy atom. The lowest BCUT2D eigenvalue weighted by Crippen LogP contribution is -2.22. The van der Waals surface area contributed by atoms with E-state index in [4.69, 9.17) is 0 Å². The maximum atomic E-state index is 14.5.